The van der Waals surface area contributed by atoms with E-state index in [4.69, 9.17) is 16.2 Å². The fraction of sp³-hybridized carbons (Fsp3) is 0.429. The predicted molar refractivity (Wildman–Crippen MR) is 79.1 cm³/mol. The van der Waals surface area contributed by atoms with Gasteiger partial charge in [0.05, 0.1) is 5.75 Å². The smallest absolute Gasteiger partial charge is 0.328 e. The molecule has 0 saturated heterocycles. The normalized spacial score (nSPS) is 12.8. The first-order valence-electron chi connectivity index (χ1n) is 6.18. The molecule has 0 aromatic heterocycles. The minimum Gasteiger partial charge on any atom is -0.459 e. The number of carbonyl (C=O) groups excluding carboxylic acids is 2. The van der Waals surface area contributed by atoms with Crippen molar-refractivity contribution in [1.29, 1.82) is 0 Å². The standard InChI is InChI=1S/C14H20N2O3S/c1-14(2,3)19-13(18)12(16)9-4-6-10(7-5-9)20-8-11(15)17/h4-7,12H,8,16H2,1-3H3,(H2,15,17). The van der Waals surface area contributed by atoms with E-state index in [1.165, 1.54) is 11.8 Å². The number of benzene rings is 1. The summed E-state index contributed by atoms with van der Waals surface area (Å²) in [7, 11) is 0. The topological polar surface area (TPSA) is 95.4 Å². The van der Waals surface area contributed by atoms with Gasteiger partial charge in [0.25, 0.3) is 0 Å². The van der Waals surface area contributed by atoms with Gasteiger partial charge in [-0.25, -0.2) is 4.79 Å². The van der Waals surface area contributed by atoms with Crippen LogP contribution in [0.15, 0.2) is 29.2 Å². The Kier molecular flexibility index (Phi) is 5.59. The molecule has 0 spiro atoms. The first kappa shape index (κ1) is 16.5. The lowest BCUT2D eigenvalue weighted by atomic mass is 10.1. The van der Waals surface area contributed by atoms with E-state index in [1.54, 1.807) is 45.0 Å². The maximum absolute atomic E-state index is 11.8. The van der Waals surface area contributed by atoms with Crippen molar-refractivity contribution in [3.8, 4) is 0 Å². The fourth-order valence-corrected chi connectivity index (χ4v) is 2.06. The average molecular weight is 296 g/mol. The number of primary amides is 1. The van der Waals surface area contributed by atoms with Crippen LogP contribution in [-0.2, 0) is 14.3 Å². The first-order chi connectivity index (χ1) is 9.19. The number of carbonyl (C=O) groups is 2. The molecule has 0 bridgehead atoms. The van der Waals surface area contributed by atoms with Crippen LogP contribution in [-0.4, -0.2) is 23.2 Å². The van der Waals surface area contributed by atoms with Gasteiger partial charge in [0.1, 0.15) is 11.6 Å². The third kappa shape index (κ3) is 5.63. The first-order valence-corrected chi connectivity index (χ1v) is 7.17. The van der Waals surface area contributed by atoms with Gasteiger partial charge < -0.3 is 16.2 Å². The molecular weight excluding hydrogens is 276 g/mol. The van der Waals surface area contributed by atoms with E-state index < -0.39 is 17.6 Å². The third-order valence-corrected chi connectivity index (χ3v) is 3.32. The number of rotatable bonds is 5. The van der Waals surface area contributed by atoms with E-state index in [2.05, 4.69) is 0 Å². The maximum Gasteiger partial charge on any atom is 0.328 e. The maximum atomic E-state index is 11.8. The monoisotopic (exact) mass is 296 g/mol. The zero-order valence-corrected chi connectivity index (χ0v) is 12.7. The van der Waals surface area contributed by atoms with Gasteiger partial charge in [-0.2, -0.15) is 0 Å². The molecule has 1 atom stereocenters. The molecule has 1 unspecified atom stereocenters. The van der Waals surface area contributed by atoms with Gasteiger partial charge in [-0.3, -0.25) is 4.79 Å². The highest BCUT2D eigenvalue weighted by molar-refractivity contribution is 8.00. The second-order valence-electron chi connectivity index (χ2n) is 5.34. The van der Waals surface area contributed by atoms with E-state index in [9.17, 15) is 9.59 Å². The van der Waals surface area contributed by atoms with E-state index in [-0.39, 0.29) is 11.7 Å². The van der Waals surface area contributed by atoms with Crippen LogP contribution in [0.2, 0.25) is 0 Å². The summed E-state index contributed by atoms with van der Waals surface area (Å²) in [5.74, 6) is -0.614. The minimum absolute atomic E-state index is 0.220. The Balaban J connectivity index is 2.68. The molecule has 5 nitrogen and oxygen atoms in total. The summed E-state index contributed by atoms with van der Waals surface area (Å²) in [5, 5.41) is 0. The Morgan fingerprint density at radius 3 is 2.25 bits per heavy atom. The number of hydrogen-bond donors (Lipinski definition) is 2. The average Bonchev–Trinajstić information content (AvgIpc) is 2.34. The van der Waals surface area contributed by atoms with Gasteiger partial charge >= 0.3 is 5.97 Å². The quantitative estimate of drug-likeness (QED) is 0.635. The Morgan fingerprint density at radius 1 is 1.25 bits per heavy atom. The van der Waals surface area contributed by atoms with Gasteiger partial charge in [0, 0.05) is 4.90 Å². The van der Waals surface area contributed by atoms with Gasteiger partial charge in [-0.1, -0.05) is 12.1 Å². The molecule has 1 aromatic carbocycles. The number of hydrogen-bond acceptors (Lipinski definition) is 5. The van der Waals surface area contributed by atoms with E-state index in [0.717, 1.165) is 4.90 Å². The van der Waals surface area contributed by atoms with Crippen molar-refractivity contribution in [2.75, 3.05) is 5.75 Å². The van der Waals surface area contributed by atoms with Crippen LogP contribution in [0.25, 0.3) is 0 Å². The van der Waals surface area contributed by atoms with Crippen LogP contribution in [0.5, 0.6) is 0 Å². The Morgan fingerprint density at radius 2 is 1.80 bits per heavy atom. The molecule has 0 saturated carbocycles. The van der Waals surface area contributed by atoms with Crippen molar-refractivity contribution in [3.05, 3.63) is 29.8 Å². The van der Waals surface area contributed by atoms with Crippen LogP contribution in [0.4, 0.5) is 0 Å². The lowest BCUT2D eigenvalue weighted by Gasteiger charge is -2.22. The van der Waals surface area contributed by atoms with E-state index in [1.807, 2.05) is 0 Å². The number of nitrogens with two attached hydrogens (primary N) is 2. The zero-order chi connectivity index (χ0) is 15.3. The van der Waals surface area contributed by atoms with E-state index in [0.29, 0.717) is 5.56 Å². The van der Waals surface area contributed by atoms with Crippen molar-refractivity contribution >= 4 is 23.6 Å². The largest absolute Gasteiger partial charge is 0.459 e. The molecular formula is C14H20N2O3S. The summed E-state index contributed by atoms with van der Waals surface area (Å²) in [4.78, 5) is 23.4. The Hall–Kier alpha value is -1.53. The highest BCUT2D eigenvalue weighted by atomic mass is 32.2. The molecule has 1 rings (SSSR count). The Bertz CT molecular complexity index is 480. The molecule has 1 amide bonds. The molecule has 6 heteroatoms. The van der Waals surface area contributed by atoms with Crippen LogP contribution < -0.4 is 11.5 Å². The second kappa shape index (κ2) is 6.76. The lowest BCUT2D eigenvalue weighted by Crippen LogP contribution is -2.31. The molecule has 4 N–H and O–H groups in total. The predicted octanol–water partition coefficient (Wildman–Crippen LogP) is 1.61. The van der Waals surface area contributed by atoms with Crippen molar-refractivity contribution in [1.82, 2.24) is 0 Å². The molecule has 110 valence electrons. The molecule has 0 aliphatic heterocycles. The summed E-state index contributed by atoms with van der Waals surface area (Å²) >= 11 is 1.34. The molecule has 0 heterocycles. The van der Waals surface area contributed by atoms with Crippen LogP contribution >= 0.6 is 11.8 Å². The van der Waals surface area contributed by atoms with Crippen molar-refractivity contribution in [3.63, 3.8) is 0 Å². The highest BCUT2D eigenvalue weighted by Gasteiger charge is 2.23. The summed E-state index contributed by atoms with van der Waals surface area (Å²) in [5.41, 5.74) is 11.0. The number of ether oxygens (including phenoxy) is 1. The summed E-state index contributed by atoms with van der Waals surface area (Å²) in [6.45, 7) is 5.38. The van der Waals surface area contributed by atoms with Crippen molar-refractivity contribution < 1.29 is 14.3 Å². The van der Waals surface area contributed by atoms with Gasteiger partial charge in [-0.05, 0) is 38.5 Å². The summed E-state index contributed by atoms with van der Waals surface area (Å²) in [6.07, 6.45) is 0. The van der Waals surface area contributed by atoms with Crippen molar-refractivity contribution in [2.24, 2.45) is 11.5 Å². The Labute approximate surface area is 123 Å². The molecule has 20 heavy (non-hydrogen) atoms. The number of amides is 1. The molecule has 1 aromatic rings. The third-order valence-electron chi connectivity index (χ3n) is 2.28. The van der Waals surface area contributed by atoms with Gasteiger partial charge in [0.15, 0.2) is 0 Å². The molecule has 0 aliphatic carbocycles. The highest BCUT2D eigenvalue weighted by Crippen LogP contribution is 2.21. The van der Waals surface area contributed by atoms with Gasteiger partial charge in [0.2, 0.25) is 5.91 Å². The number of thioether (sulfide) groups is 1. The van der Waals surface area contributed by atoms with Gasteiger partial charge in [-0.15, -0.1) is 11.8 Å². The molecule has 0 fully saturated rings. The summed E-state index contributed by atoms with van der Waals surface area (Å²) in [6, 6.07) is 6.28. The summed E-state index contributed by atoms with van der Waals surface area (Å²) < 4.78 is 5.23. The minimum atomic E-state index is -0.815. The van der Waals surface area contributed by atoms with Crippen molar-refractivity contribution in [2.45, 2.75) is 37.3 Å². The SMILES string of the molecule is CC(C)(C)OC(=O)C(N)c1ccc(SCC(N)=O)cc1. The lowest BCUT2D eigenvalue weighted by molar-refractivity contribution is -0.156. The van der Waals surface area contributed by atoms with E-state index >= 15 is 0 Å². The molecule has 0 radical (unpaired) electrons. The molecule has 0 aliphatic rings. The van der Waals surface area contributed by atoms with Crippen LogP contribution in [0.1, 0.15) is 32.4 Å². The van der Waals surface area contributed by atoms with Crippen LogP contribution in [0, 0.1) is 0 Å². The number of esters is 1. The zero-order valence-electron chi connectivity index (χ0n) is 11.9. The fourth-order valence-electron chi connectivity index (χ4n) is 1.43. The second-order valence-corrected chi connectivity index (χ2v) is 6.38. The van der Waals surface area contributed by atoms with Crippen LogP contribution in [0.3, 0.4) is 0 Å².